The molecular formula is C9H7BrClNO. The highest BCUT2D eigenvalue weighted by Gasteiger charge is 2.09. The van der Waals surface area contributed by atoms with Crippen molar-refractivity contribution in [1.82, 2.24) is 4.98 Å². The summed E-state index contributed by atoms with van der Waals surface area (Å²) >= 11 is 9.47. The Morgan fingerprint density at radius 1 is 1.54 bits per heavy atom. The van der Waals surface area contributed by atoms with Crippen molar-refractivity contribution in [2.45, 2.75) is 0 Å². The van der Waals surface area contributed by atoms with E-state index in [0.717, 1.165) is 21.1 Å². The van der Waals surface area contributed by atoms with Crippen LogP contribution in [0, 0.1) is 0 Å². The van der Waals surface area contributed by atoms with Gasteiger partial charge in [-0.05, 0) is 22.0 Å². The molecule has 2 nitrogen and oxygen atoms in total. The van der Waals surface area contributed by atoms with Gasteiger partial charge in [-0.15, -0.1) is 0 Å². The van der Waals surface area contributed by atoms with Crippen LogP contribution in [-0.4, -0.2) is 12.1 Å². The molecule has 4 heteroatoms. The van der Waals surface area contributed by atoms with Crippen molar-refractivity contribution >= 4 is 38.4 Å². The van der Waals surface area contributed by atoms with Gasteiger partial charge in [0.2, 0.25) is 0 Å². The van der Waals surface area contributed by atoms with Gasteiger partial charge in [-0.2, -0.15) is 0 Å². The van der Waals surface area contributed by atoms with Crippen molar-refractivity contribution in [2.75, 3.05) is 7.11 Å². The van der Waals surface area contributed by atoms with Gasteiger partial charge in [-0.3, -0.25) is 0 Å². The van der Waals surface area contributed by atoms with Crippen LogP contribution in [0.1, 0.15) is 0 Å². The molecule has 0 saturated heterocycles. The predicted octanol–water partition coefficient (Wildman–Crippen LogP) is 3.59. The van der Waals surface area contributed by atoms with E-state index < -0.39 is 0 Å². The molecular weight excluding hydrogens is 253 g/mol. The first-order chi connectivity index (χ1) is 6.24. The minimum atomic E-state index is 0.667. The summed E-state index contributed by atoms with van der Waals surface area (Å²) in [5, 5.41) is 1.70. The lowest BCUT2D eigenvalue weighted by atomic mass is 10.2. The molecule has 2 rings (SSSR count). The van der Waals surface area contributed by atoms with Crippen molar-refractivity contribution in [3.8, 4) is 5.75 Å². The van der Waals surface area contributed by atoms with Gasteiger partial charge in [0, 0.05) is 17.6 Å². The molecule has 13 heavy (non-hydrogen) atoms. The SMILES string of the molecule is COc1cc(Cl)c2[nH]ccc2c1Br. The summed E-state index contributed by atoms with van der Waals surface area (Å²) in [5.41, 5.74) is 0.925. The Morgan fingerprint density at radius 3 is 3.00 bits per heavy atom. The molecule has 0 aliphatic rings. The molecule has 0 atom stereocenters. The Morgan fingerprint density at radius 2 is 2.31 bits per heavy atom. The Labute approximate surface area is 89.0 Å². The second-order valence-corrected chi connectivity index (χ2v) is 3.84. The lowest BCUT2D eigenvalue weighted by Crippen LogP contribution is -1.85. The first-order valence-electron chi connectivity index (χ1n) is 3.73. The summed E-state index contributed by atoms with van der Waals surface area (Å²) in [6.07, 6.45) is 1.85. The minimum Gasteiger partial charge on any atom is -0.495 e. The van der Waals surface area contributed by atoms with Crippen LogP contribution in [0.3, 0.4) is 0 Å². The molecule has 0 aliphatic heterocycles. The Kier molecular flexibility index (Phi) is 2.22. The molecule has 0 spiro atoms. The van der Waals surface area contributed by atoms with Crippen LogP contribution >= 0.6 is 27.5 Å². The van der Waals surface area contributed by atoms with Gasteiger partial charge in [-0.25, -0.2) is 0 Å². The third-order valence-electron chi connectivity index (χ3n) is 1.92. The number of hydrogen-bond acceptors (Lipinski definition) is 1. The summed E-state index contributed by atoms with van der Waals surface area (Å²) < 4.78 is 6.08. The summed E-state index contributed by atoms with van der Waals surface area (Å²) in [6, 6.07) is 3.73. The zero-order valence-corrected chi connectivity index (χ0v) is 9.24. The number of hydrogen-bond donors (Lipinski definition) is 1. The number of aromatic amines is 1. The number of fused-ring (bicyclic) bond motifs is 1. The van der Waals surface area contributed by atoms with E-state index in [9.17, 15) is 0 Å². The van der Waals surface area contributed by atoms with Gasteiger partial charge < -0.3 is 9.72 Å². The van der Waals surface area contributed by atoms with E-state index in [2.05, 4.69) is 20.9 Å². The molecule has 2 aromatic rings. The molecule has 0 saturated carbocycles. The number of H-pyrrole nitrogens is 1. The van der Waals surface area contributed by atoms with Crippen LogP contribution in [0.25, 0.3) is 10.9 Å². The third kappa shape index (κ3) is 1.32. The van der Waals surface area contributed by atoms with Crippen LogP contribution in [0.4, 0.5) is 0 Å². The van der Waals surface area contributed by atoms with E-state index in [1.165, 1.54) is 0 Å². The van der Waals surface area contributed by atoms with Crippen molar-refractivity contribution in [3.63, 3.8) is 0 Å². The van der Waals surface area contributed by atoms with Gasteiger partial charge in [-0.1, -0.05) is 11.6 Å². The number of rotatable bonds is 1. The Hall–Kier alpha value is -0.670. The highest BCUT2D eigenvalue weighted by atomic mass is 79.9. The number of benzene rings is 1. The topological polar surface area (TPSA) is 25.0 Å². The number of methoxy groups -OCH3 is 1. The first-order valence-corrected chi connectivity index (χ1v) is 4.90. The van der Waals surface area contributed by atoms with E-state index in [1.807, 2.05) is 12.3 Å². The highest BCUT2D eigenvalue weighted by Crippen LogP contribution is 2.36. The Balaban J connectivity index is 2.85. The zero-order valence-electron chi connectivity index (χ0n) is 6.90. The number of ether oxygens (including phenoxy) is 1. The second kappa shape index (κ2) is 3.24. The normalized spacial score (nSPS) is 10.7. The molecule has 1 N–H and O–H groups in total. The van der Waals surface area contributed by atoms with Crippen LogP contribution < -0.4 is 4.74 Å². The van der Waals surface area contributed by atoms with Crippen molar-refractivity contribution in [3.05, 3.63) is 27.8 Å². The lowest BCUT2D eigenvalue weighted by Gasteiger charge is -2.05. The molecule has 0 radical (unpaired) electrons. The van der Waals surface area contributed by atoms with Gasteiger partial charge in [0.15, 0.2) is 0 Å². The van der Waals surface area contributed by atoms with E-state index >= 15 is 0 Å². The predicted molar refractivity (Wildman–Crippen MR) is 57.6 cm³/mol. The number of halogens is 2. The van der Waals surface area contributed by atoms with Crippen LogP contribution in [0.5, 0.6) is 5.75 Å². The maximum Gasteiger partial charge on any atom is 0.135 e. The average Bonchev–Trinajstić information content (AvgIpc) is 2.60. The fourth-order valence-electron chi connectivity index (χ4n) is 1.28. The fourth-order valence-corrected chi connectivity index (χ4v) is 2.14. The van der Waals surface area contributed by atoms with Crippen LogP contribution in [0.2, 0.25) is 5.02 Å². The molecule has 0 unspecified atom stereocenters. The zero-order chi connectivity index (χ0) is 9.42. The number of aromatic nitrogens is 1. The van der Waals surface area contributed by atoms with Gasteiger partial charge in [0.05, 0.1) is 22.1 Å². The van der Waals surface area contributed by atoms with Crippen LogP contribution in [-0.2, 0) is 0 Å². The molecule has 0 fully saturated rings. The molecule has 1 aromatic heterocycles. The maximum atomic E-state index is 6.02. The minimum absolute atomic E-state index is 0.667. The molecule has 0 aliphatic carbocycles. The molecule has 68 valence electrons. The van der Waals surface area contributed by atoms with Gasteiger partial charge in [0.1, 0.15) is 5.75 Å². The van der Waals surface area contributed by atoms with Gasteiger partial charge >= 0.3 is 0 Å². The maximum absolute atomic E-state index is 6.02. The second-order valence-electron chi connectivity index (χ2n) is 2.64. The quantitative estimate of drug-likeness (QED) is 0.833. The fraction of sp³-hybridized carbons (Fsp3) is 0.111. The standard InChI is InChI=1S/C9H7BrClNO/c1-13-7-4-6(11)9-5(8(7)10)2-3-12-9/h2-4,12H,1H3. The highest BCUT2D eigenvalue weighted by molar-refractivity contribution is 9.10. The summed E-state index contributed by atoms with van der Waals surface area (Å²) in [6.45, 7) is 0. The van der Waals surface area contributed by atoms with Gasteiger partial charge in [0.25, 0.3) is 0 Å². The van der Waals surface area contributed by atoms with Crippen molar-refractivity contribution in [1.29, 1.82) is 0 Å². The first kappa shape index (κ1) is 8.91. The molecule has 0 bridgehead atoms. The smallest absolute Gasteiger partial charge is 0.135 e. The van der Waals surface area contributed by atoms with Crippen molar-refractivity contribution in [2.24, 2.45) is 0 Å². The van der Waals surface area contributed by atoms with Crippen LogP contribution in [0.15, 0.2) is 22.8 Å². The summed E-state index contributed by atoms with van der Waals surface area (Å²) in [5.74, 6) is 0.747. The lowest BCUT2D eigenvalue weighted by molar-refractivity contribution is 0.413. The Bertz CT molecular complexity index is 452. The molecule has 1 aromatic carbocycles. The third-order valence-corrected chi connectivity index (χ3v) is 3.03. The molecule has 0 amide bonds. The van der Waals surface area contributed by atoms with E-state index in [-0.39, 0.29) is 0 Å². The number of nitrogens with one attached hydrogen (secondary N) is 1. The summed E-state index contributed by atoms with van der Waals surface area (Å²) in [7, 11) is 1.62. The van der Waals surface area contributed by atoms with E-state index in [4.69, 9.17) is 16.3 Å². The van der Waals surface area contributed by atoms with E-state index in [0.29, 0.717) is 5.02 Å². The average molecular weight is 261 g/mol. The largest absolute Gasteiger partial charge is 0.495 e. The summed E-state index contributed by atoms with van der Waals surface area (Å²) in [4.78, 5) is 3.06. The van der Waals surface area contributed by atoms with E-state index in [1.54, 1.807) is 13.2 Å². The monoisotopic (exact) mass is 259 g/mol. The van der Waals surface area contributed by atoms with Crippen molar-refractivity contribution < 1.29 is 4.74 Å². The molecule has 1 heterocycles.